The third kappa shape index (κ3) is 6.25. The molecule has 166 valence electrons. The maximum Gasteiger partial charge on any atom is 0.117 e. The van der Waals surface area contributed by atoms with Gasteiger partial charge in [0.05, 0.1) is 0 Å². The molecule has 0 radical (unpaired) electrons. The Balaban J connectivity index is 2.75. The van der Waals surface area contributed by atoms with E-state index < -0.39 is 0 Å². The molecule has 0 bridgehead atoms. The first-order valence-electron chi connectivity index (χ1n) is 11.5. The normalized spacial score (nSPS) is 13.6. The van der Waals surface area contributed by atoms with E-state index in [1.54, 1.807) is 0 Å². The second-order valence-corrected chi connectivity index (χ2v) is 7.54. The molecule has 0 fully saturated rings. The number of benzene rings is 2. The first-order valence-corrected chi connectivity index (χ1v) is 11.5. The Morgan fingerprint density at radius 1 is 0.656 bits per heavy atom. The molecule has 2 atom stereocenters. The molecule has 0 amide bonds. The maximum absolute atomic E-state index is 9.96. The lowest BCUT2D eigenvalue weighted by molar-refractivity contribution is 0.390. The molecule has 0 heterocycles. The predicted molar refractivity (Wildman–Crippen MR) is 132 cm³/mol. The Bertz CT molecular complexity index is 874. The van der Waals surface area contributed by atoms with E-state index in [-0.39, 0.29) is 11.8 Å². The Hall–Kier alpha value is -3.50. The van der Waals surface area contributed by atoms with Crippen LogP contribution < -0.4 is 0 Å². The van der Waals surface area contributed by atoms with Gasteiger partial charge in [0.2, 0.25) is 0 Å². The van der Waals surface area contributed by atoms with Gasteiger partial charge in [0, 0.05) is 38.0 Å². The summed E-state index contributed by atoms with van der Waals surface area (Å²) in [6.07, 6.45) is 4.15. The average Bonchev–Trinajstić information content (AvgIpc) is 2.86. The number of nitriles is 2. The van der Waals surface area contributed by atoms with Gasteiger partial charge in [0.25, 0.3) is 0 Å². The summed E-state index contributed by atoms with van der Waals surface area (Å²) in [5, 5.41) is 19.9. The number of nitrogens with zero attached hydrogens (tertiary/aromatic N) is 4. The Labute approximate surface area is 193 Å². The van der Waals surface area contributed by atoms with Crippen LogP contribution in [0.15, 0.2) is 84.2 Å². The summed E-state index contributed by atoms with van der Waals surface area (Å²) in [7, 11) is 0. The first kappa shape index (κ1) is 24.8. The van der Waals surface area contributed by atoms with E-state index in [0.717, 1.165) is 37.3 Å². The number of hydrogen-bond donors (Lipinski definition) is 0. The molecule has 0 aromatic heterocycles. The van der Waals surface area contributed by atoms with Crippen LogP contribution in [0.5, 0.6) is 0 Å². The molecular weight excluding hydrogens is 392 g/mol. The van der Waals surface area contributed by atoms with Crippen LogP contribution in [0.25, 0.3) is 0 Å². The van der Waals surface area contributed by atoms with Crippen LogP contribution in [0.4, 0.5) is 0 Å². The zero-order valence-electron chi connectivity index (χ0n) is 19.7. The van der Waals surface area contributed by atoms with Crippen molar-refractivity contribution in [2.75, 3.05) is 26.2 Å². The van der Waals surface area contributed by atoms with Crippen LogP contribution in [0, 0.1) is 22.7 Å². The minimum absolute atomic E-state index is 0.0900. The van der Waals surface area contributed by atoms with Crippen molar-refractivity contribution in [1.82, 2.24) is 9.80 Å². The zero-order valence-corrected chi connectivity index (χ0v) is 19.7. The molecule has 0 saturated carbocycles. The van der Waals surface area contributed by atoms with Gasteiger partial charge in [0.1, 0.15) is 23.5 Å². The minimum atomic E-state index is -0.0900. The molecule has 0 aliphatic rings. The highest BCUT2D eigenvalue weighted by Gasteiger charge is 2.25. The van der Waals surface area contributed by atoms with E-state index in [1.807, 2.05) is 36.4 Å². The van der Waals surface area contributed by atoms with Crippen LogP contribution in [-0.2, 0) is 0 Å². The highest BCUT2D eigenvalue weighted by Crippen LogP contribution is 2.37. The van der Waals surface area contributed by atoms with Crippen molar-refractivity contribution in [2.24, 2.45) is 0 Å². The van der Waals surface area contributed by atoms with E-state index in [1.165, 1.54) is 0 Å². The first-order chi connectivity index (χ1) is 15.6. The van der Waals surface area contributed by atoms with Crippen molar-refractivity contribution in [3.8, 4) is 12.1 Å². The fraction of sp³-hybridized carbons (Fsp3) is 0.357. The van der Waals surface area contributed by atoms with Gasteiger partial charge in [-0.25, -0.2) is 0 Å². The van der Waals surface area contributed by atoms with Gasteiger partial charge in [-0.15, -0.1) is 0 Å². The third-order valence-electron chi connectivity index (χ3n) is 5.87. The molecule has 4 heteroatoms. The highest BCUT2D eigenvalue weighted by molar-refractivity contribution is 5.40. The van der Waals surface area contributed by atoms with E-state index in [4.69, 9.17) is 0 Å². The summed E-state index contributed by atoms with van der Waals surface area (Å²) in [6, 6.07) is 25.4. The van der Waals surface area contributed by atoms with Crippen LogP contribution in [0.1, 0.15) is 50.7 Å². The lowest BCUT2D eigenvalue weighted by atomic mass is 9.80. The van der Waals surface area contributed by atoms with Crippen LogP contribution >= 0.6 is 0 Å². The summed E-state index contributed by atoms with van der Waals surface area (Å²) >= 11 is 0. The van der Waals surface area contributed by atoms with Gasteiger partial charge in [-0.1, -0.05) is 60.7 Å². The molecule has 0 aliphatic carbocycles. The number of hydrogen-bond acceptors (Lipinski definition) is 4. The Kier molecular flexibility index (Phi) is 10.1. The van der Waals surface area contributed by atoms with E-state index in [0.29, 0.717) is 11.4 Å². The van der Waals surface area contributed by atoms with E-state index in [9.17, 15) is 10.5 Å². The Morgan fingerprint density at radius 2 is 0.969 bits per heavy atom. The average molecular weight is 427 g/mol. The molecule has 0 N–H and O–H groups in total. The van der Waals surface area contributed by atoms with Gasteiger partial charge in [0.15, 0.2) is 0 Å². The van der Waals surface area contributed by atoms with Gasteiger partial charge in [-0.2, -0.15) is 10.5 Å². The highest BCUT2D eigenvalue weighted by atomic mass is 15.1. The molecule has 2 rings (SSSR count). The number of allylic oxidation sites excluding steroid dienone is 4. The largest absolute Gasteiger partial charge is 0.364 e. The summed E-state index contributed by atoms with van der Waals surface area (Å²) in [4.78, 5) is 4.16. The van der Waals surface area contributed by atoms with Crippen molar-refractivity contribution in [3.05, 3.63) is 95.3 Å². The maximum atomic E-state index is 9.96. The van der Waals surface area contributed by atoms with Gasteiger partial charge in [-0.3, -0.25) is 0 Å². The molecule has 4 nitrogen and oxygen atoms in total. The van der Waals surface area contributed by atoms with Crippen LogP contribution in [0.2, 0.25) is 0 Å². The van der Waals surface area contributed by atoms with Crippen LogP contribution in [0.3, 0.4) is 0 Å². The van der Waals surface area contributed by atoms with Crippen molar-refractivity contribution < 1.29 is 0 Å². The van der Waals surface area contributed by atoms with Crippen LogP contribution in [-0.4, -0.2) is 36.0 Å². The van der Waals surface area contributed by atoms with Crippen molar-refractivity contribution >= 4 is 0 Å². The monoisotopic (exact) mass is 426 g/mol. The molecule has 32 heavy (non-hydrogen) atoms. The quantitative estimate of drug-likeness (QED) is 0.410. The molecule has 2 aromatic rings. The number of rotatable bonds is 11. The SMILES string of the molecule is CCN(CC)C(C#N)=CC(c1ccccc1)C(C=C(C#N)N(CC)CC)c1ccccc1. The topological polar surface area (TPSA) is 54.1 Å². The molecule has 0 spiro atoms. The lowest BCUT2D eigenvalue weighted by Gasteiger charge is -2.28. The fourth-order valence-corrected chi connectivity index (χ4v) is 4.06. The fourth-order valence-electron chi connectivity index (χ4n) is 4.06. The lowest BCUT2D eigenvalue weighted by Crippen LogP contribution is -2.24. The standard InChI is InChI=1S/C28H34N4/c1-5-31(6-2)25(21-29)19-27(23-15-11-9-12-16-23)28(24-17-13-10-14-18-24)20-26(22-30)32(7-3)8-4/h9-20,27-28H,5-8H2,1-4H3. The second-order valence-electron chi connectivity index (χ2n) is 7.54. The molecule has 0 aliphatic heterocycles. The van der Waals surface area contributed by atoms with Crippen molar-refractivity contribution in [1.29, 1.82) is 10.5 Å². The van der Waals surface area contributed by atoms with Crippen molar-refractivity contribution in [2.45, 2.75) is 39.5 Å². The molecule has 0 saturated heterocycles. The van der Waals surface area contributed by atoms with Gasteiger partial charge < -0.3 is 9.80 Å². The second kappa shape index (κ2) is 13.0. The summed E-state index contributed by atoms with van der Waals surface area (Å²) in [5.41, 5.74) is 3.57. The van der Waals surface area contributed by atoms with E-state index >= 15 is 0 Å². The molecular formula is C28H34N4. The smallest absolute Gasteiger partial charge is 0.117 e. The molecule has 2 unspecified atom stereocenters. The van der Waals surface area contributed by atoms with E-state index in [2.05, 4.69) is 86.1 Å². The zero-order chi connectivity index (χ0) is 23.3. The minimum Gasteiger partial charge on any atom is -0.364 e. The van der Waals surface area contributed by atoms with Crippen molar-refractivity contribution in [3.63, 3.8) is 0 Å². The Morgan fingerprint density at radius 3 is 1.22 bits per heavy atom. The summed E-state index contributed by atoms with van der Waals surface area (Å²) in [5.74, 6) is -0.180. The third-order valence-corrected chi connectivity index (χ3v) is 5.87. The van der Waals surface area contributed by atoms with Gasteiger partial charge >= 0.3 is 0 Å². The van der Waals surface area contributed by atoms with Gasteiger partial charge in [-0.05, 0) is 51.0 Å². The molecule has 2 aromatic carbocycles. The predicted octanol–water partition coefficient (Wildman–Crippen LogP) is 6.05. The summed E-state index contributed by atoms with van der Waals surface area (Å²) in [6.45, 7) is 11.3. The summed E-state index contributed by atoms with van der Waals surface area (Å²) < 4.78 is 0.